The van der Waals surface area contributed by atoms with E-state index >= 15 is 0 Å². The van der Waals surface area contributed by atoms with E-state index in [1.54, 1.807) is 17.5 Å². The van der Waals surface area contributed by atoms with Gasteiger partial charge in [0.15, 0.2) is 5.69 Å². The SMILES string of the molecule is Cc1ncc(CNc2cnc(C(=O)O)cn2)s1. The molecule has 7 heteroatoms. The van der Waals surface area contributed by atoms with Crippen LogP contribution in [0, 0.1) is 6.92 Å². The predicted octanol–water partition coefficient (Wildman–Crippen LogP) is 1.55. The highest BCUT2D eigenvalue weighted by atomic mass is 32.1. The maximum absolute atomic E-state index is 10.6. The molecule has 2 aromatic heterocycles. The summed E-state index contributed by atoms with van der Waals surface area (Å²) < 4.78 is 0. The van der Waals surface area contributed by atoms with Crippen LogP contribution in [0.1, 0.15) is 20.4 Å². The third-order valence-corrected chi connectivity index (χ3v) is 2.90. The van der Waals surface area contributed by atoms with E-state index in [2.05, 4.69) is 20.3 Å². The third kappa shape index (κ3) is 2.97. The molecular formula is C10H10N4O2S. The summed E-state index contributed by atoms with van der Waals surface area (Å²) in [5.41, 5.74) is -0.0656. The Kier molecular flexibility index (Phi) is 3.29. The normalized spacial score (nSPS) is 10.2. The molecule has 0 radical (unpaired) electrons. The first-order valence-corrected chi connectivity index (χ1v) is 5.67. The smallest absolute Gasteiger partial charge is 0.356 e. The Labute approximate surface area is 101 Å². The van der Waals surface area contributed by atoms with Gasteiger partial charge >= 0.3 is 5.97 Å². The molecule has 0 amide bonds. The third-order valence-electron chi connectivity index (χ3n) is 1.98. The summed E-state index contributed by atoms with van der Waals surface area (Å²) >= 11 is 1.60. The van der Waals surface area contributed by atoms with Crippen LogP contribution in [0.4, 0.5) is 5.82 Å². The molecule has 0 aromatic carbocycles. The van der Waals surface area contributed by atoms with Crippen LogP contribution in [0.25, 0.3) is 0 Å². The fourth-order valence-electron chi connectivity index (χ4n) is 1.19. The minimum absolute atomic E-state index is 0.0656. The van der Waals surface area contributed by atoms with Crippen molar-refractivity contribution in [2.45, 2.75) is 13.5 Å². The minimum Gasteiger partial charge on any atom is -0.476 e. The first kappa shape index (κ1) is 11.5. The summed E-state index contributed by atoms with van der Waals surface area (Å²) in [7, 11) is 0. The number of aryl methyl sites for hydroxylation is 1. The number of hydrogen-bond acceptors (Lipinski definition) is 6. The molecular weight excluding hydrogens is 240 g/mol. The van der Waals surface area contributed by atoms with Crippen LogP contribution >= 0.6 is 11.3 Å². The Morgan fingerprint density at radius 3 is 2.71 bits per heavy atom. The quantitative estimate of drug-likeness (QED) is 0.856. The van der Waals surface area contributed by atoms with Crippen molar-refractivity contribution in [3.63, 3.8) is 0 Å². The van der Waals surface area contributed by atoms with Crippen LogP contribution in [0.5, 0.6) is 0 Å². The number of aromatic nitrogens is 3. The van der Waals surface area contributed by atoms with E-state index in [9.17, 15) is 4.79 Å². The van der Waals surface area contributed by atoms with Gasteiger partial charge in [-0.15, -0.1) is 11.3 Å². The van der Waals surface area contributed by atoms with E-state index in [0.29, 0.717) is 12.4 Å². The number of anilines is 1. The highest BCUT2D eigenvalue weighted by Crippen LogP contribution is 2.13. The molecule has 0 fully saturated rings. The van der Waals surface area contributed by atoms with Crippen LogP contribution in [0.3, 0.4) is 0 Å². The second-order valence-corrected chi connectivity index (χ2v) is 4.61. The van der Waals surface area contributed by atoms with E-state index in [1.807, 2.05) is 6.92 Å². The Balaban J connectivity index is 1.97. The van der Waals surface area contributed by atoms with E-state index < -0.39 is 5.97 Å². The molecule has 0 saturated carbocycles. The zero-order valence-electron chi connectivity index (χ0n) is 9.04. The maximum Gasteiger partial charge on any atom is 0.356 e. The Morgan fingerprint density at radius 1 is 1.35 bits per heavy atom. The second-order valence-electron chi connectivity index (χ2n) is 3.29. The monoisotopic (exact) mass is 250 g/mol. The van der Waals surface area contributed by atoms with Gasteiger partial charge in [-0.25, -0.2) is 19.7 Å². The number of carboxylic acids is 1. The molecule has 88 valence electrons. The number of carboxylic acid groups (broad SMARTS) is 1. The van der Waals surface area contributed by atoms with Crippen molar-refractivity contribution in [1.29, 1.82) is 0 Å². The number of aromatic carboxylic acids is 1. The molecule has 0 aliphatic rings. The molecule has 2 N–H and O–H groups in total. The van der Waals surface area contributed by atoms with Crippen molar-refractivity contribution in [2.75, 3.05) is 5.32 Å². The number of thiazole rings is 1. The van der Waals surface area contributed by atoms with Crippen molar-refractivity contribution in [2.24, 2.45) is 0 Å². The molecule has 2 heterocycles. The fourth-order valence-corrected chi connectivity index (χ4v) is 1.93. The van der Waals surface area contributed by atoms with Gasteiger partial charge in [-0.05, 0) is 6.92 Å². The van der Waals surface area contributed by atoms with Gasteiger partial charge in [0.25, 0.3) is 0 Å². The van der Waals surface area contributed by atoms with Gasteiger partial charge in [-0.1, -0.05) is 0 Å². The minimum atomic E-state index is -1.08. The molecule has 0 bridgehead atoms. The van der Waals surface area contributed by atoms with Crippen LogP contribution in [-0.2, 0) is 6.54 Å². The molecule has 2 rings (SSSR count). The molecule has 0 saturated heterocycles. The lowest BCUT2D eigenvalue weighted by Gasteiger charge is -2.02. The average molecular weight is 250 g/mol. The van der Waals surface area contributed by atoms with Crippen molar-refractivity contribution in [1.82, 2.24) is 15.0 Å². The van der Waals surface area contributed by atoms with Crippen LogP contribution in [0.2, 0.25) is 0 Å². The van der Waals surface area contributed by atoms with Gasteiger partial charge in [-0.2, -0.15) is 0 Å². The van der Waals surface area contributed by atoms with Gasteiger partial charge in [0.1, 0.15) is 5.82 Å². The average Bonchev–Trinajstić information content (AvgIpc) is 2.73. The lowest BCUT2D eigenvalue weighted by molar-refractivity contribution is 0.0690. The summed E-state index contributed by atoms with van der Waals surface area (Å²) in [4.78, 5) is 23.5. The Morgan fingerprint density at radius 2 is 2.18 bits per heavy atom. The largest absolute Gasteiger partial charge is 0.476 e. The summed E-state index contributed by atoms with van der Waals surface area (Å²) in [6.45, 7) is 2.54. The van der Waals surface area contributed by atoms with Gasteiger partial charge in [0, 0.05) is 11.1 Å². The number of nitrogens with one attached hydrogen (secondary N) is 1. The molecule has 0 atom stereocenters. The number of rotatable bonds is 4. The lowest BCUT2D eigenvalue weighted by Crippen LogP contribution is -2.04. The van der Waals surface area contributed by atoms with Gasteiger partial charge in [-0.3, -0.25) is 0 Å². The van der Waals surface area contributed by atoms with Crippen molar-refractivity contribution in [3.8, 4) is 0 Å². The van der Waals surface area contributed by atoms with E-state index in [-0.39, 0.29) is 5.69 Å². The van der Waals surface area contributed by atoms with Crippen molar-refractivity contribution in [3.05, 3.63) is 34.2 Å². The summed E-state index contributed by atoms with van der Waals surface area (Å²) in [5, 5.41) is 12.7. The molecule has 0 aliphatic carbocycles. The molecule has 2 aromatic rings. The topological polar surface area (TPSA) is 88.0 Å². The summed E-state index contributed by atoms with van der Waals surface area (Å²) in [5.74, 6) is -0.539. The van der Waals surface area contributed by atoms with E-state index in [0.717, 1.165) is 9.88 Å². The first-order valence-electron chi connectivity index (χ1n) is 4.85. The summed E-state index contributed by atoms with van der Waals surface area (Å²) in [6.07, 6.45) is 4.42. The maximum atomic E-state index is 10.6. The fraction of sp³-hybridized carbons (Fsp3) is 0.200. The predicted molar refractivity (Wildman–Crippen MR) is 63.2 cm³/mol. The zero-order chi connectivity index (χ0) is 12.3. The number of nitrogens with zero attached hydrogens (tertiary/aromatic N) is 3. The molecule has 0 unspecified atom stereocenters. The number of carbonyl (C=O) groups is 1. The highest BCUT2D eigenvalue weighted by Gasteiger charge is 2.04. The summed E-state index contributed by atoms with van der Waals surface area (Å²) in [6, 6.07) is 0. The van der Waals surface area contributed by atoms with E-state index in [4.69, 9.17) is 5.11 Å². The second kappa shape index (κ2) is 4.88. The molecule has 0 spiro atoms. The highest BCUT2D eigenvalue weighted by molar-refractivity contribution is 7.11. The number of hydrogen-bond donors (Lipinski definition) is 2. The lowest BCUT2D eigenvalue weighted by atomic mass is 10.4. The zero-order valence-corrected chi connectivity index (χ0v) is 9.86. The van der Waals surface area contributed by atoms with Crippen LogP contribution < -0.4 is 5.32 Å². The molecule has 17 heavy (non-hydrogen) atoms. The van der Waals surface area contributed by atoms with Gasteiger partial charge < -0.3 is 10.4 Å². The van der Waals surface area contributed by atoms with Gasteiger partial charge in [0.05, 0.1) is 23.9 Å². The van der Waals surface area contributed by atoms with Crippen LogP contribution in [0.15, 0.2) is 18.6 Å². The van der Waals surface area contributed by atoms with Gasteiger partial charge in [0.2, 0.25) is 0 Å². The van der Waals surface area contributed by atoms with Crippen LogP contribution in [-0.4, -0.2) is 26.0 Å². The Bertz CT molecular complexity index is 523. The molecule has 0 aliphatic heterocycles. The van der Waals surface area contributed by atoms with Crippen molar-refractivity contribution >= 4 is 23.1 Å². The first-order chi connectivity index (χ1) is 8.15. The van der Waals surface area contributed by atoms with Crippen molar-refractivity contribution < 1.29 is 9.90 Å². The standard InChI is InChI=1S/C10H10N4O2S/c1-6-11-2-7(17-6)3-13-9-5-12-8(4-14-9)10(15)16/h2,4-5H,3H2,1H3,(H,13,14)(H,15,16). The van der Waals surface area contributed by atoms with E-state index in [1.165, 1.54) is 12.4 Å². The Hall–Kier alpha value is -2.02. The molecule has 6 nitrogen and oxygen atoms in total.